The van der Waals surface area contributed by atoms with Crippen LogP contribution >= 0.6 is 11.6 Å². The van der Waals surface area contributed by atoms with Crippen molar-refractivity contribution in [1.82, 2.24) is 14.5 Å². The molecule has 3 aromatic rings. The van der Waals surface area contributed by atoms with Crippen LogP contribution in [-0.2, 0) is 12.4 Å². The molecule has 0 aliphatic heterocycles. The highest BCUT2D eigenvalue weighted by Crippen LogP contribution is 2.22. The summed E-state index contributed by atoms with van der Waals surface area (Å²) < 4.78 is 2.20. The van der Waals surface area contributed by atoms with E-state index in [1.54, 1.807) is 12.4 Å². The van der Waals surface area contributed by atoms with Crippen molar-refractivity contribution in [2.45, 2.75) is 25.3 Å². The number of nitrogens with zero attached hydrogens (tertiary/aromatic N) is 3. The molecule has 1 aromatic carbocycles. The molecule has 0 saturated heterocycles. The minimum absolute atomic E-state index is 0.406. The first-order valence-corrected chi connectivity index (χ1v) is 7.23. The lowest BCUT2D eigenvalue weighted by Crippen LogP contribution is -2.09. The van der Waals surface area contributed by atoms with Crippen molar-refractivity contribution in [2.75, 3.05) is 0 Å². The van der Waals surface area contributed by atoms with Crippen molar-refractivity contribution in [1.29, 1.82) is 0 Å². The molecule has 0 fully saturated rings. The first-order chi connectivity index (χ1) is 9.79. The number of aromatic nitrogens is 3. The third-order valence-corrected chi connectivity index (χ3v) is 3.81. The summed E-state index contributed by atoms with van der Waals surface area (Å²) in [6.45, 7) is 3.09. The molecule has 2 aromatic heterocycles. The van der Waals surface area contributed by atoms with E-state index >= 15 is 0 Å². The maximum Gasteiger partial charge on any atom is 0.124 e. The highest BCUT2D eigenvalue weighted by atomic mass is 35.5. The summed E-state index contributed by atoms with van der Waals surface area (Å²) >= 11 is 6.03. The second-order valence-corrected chi connectivity index (χ2v) is 5.22. The number of alkyl halides is 1. The van der Waals surface area contributed by atoms with Gasteiger partial charge in [0.25, 0.3) is 0 Å². The molecule has 1 atom stereocenters. The van der Waals surface area contributed by atoms with Crippen molar-refractivity contribution >= 4 is 22.6 Å². The summed E-state index contributed by atoms with van der Waals surface area (Å²) in [5, 5.41) is 0. The standard InChI is InChI=1S/C16H16ClN3/c1-12(13-5-3-2-4-6-13)11-20-15-7-8-18-10-14(15)19-16(20)9-17/h2-8,10,12H,9,11H2,1H3. The number of imidazole rings is 1. The molecule has 0 radical (unpaired) electrons. The topological polar surface area (TPSA) is 30.7 Å². The van der Waals surface area contributed by atoms with E-state index in [2.05, 4.69) is 45.7 Å². The van der Waals surface area contributed by atoms with Crippen LogP contribution in [0.25, 0.3) is 11.0 Å². The summed E-state index contributed by atoms with van der Waals surface area (Å²) in [5.41, 5.74) is 3.32. The number of hydrogen-bond acceptors (Lipinski definition) is 2. The Labute approximate surface area is 123 Å². The molecule has 0 aliphatic rings. The Hall–Kier alpha value is -1.87. The van der Waals surface area contributed by atoms with Gasteiger partial charge >= 0.3 is 0 Å². The van der Waals surface area contributed by atoms with Crippen LogP contribution < -0.4 is 0 Å². The molecule has 0 spiro atoms. The van der Waals surface area contributed by atoms with Gasteiger partial charge in [0.05, 0.1) is 17.6 Å². The number of hydrogen-bond donors (Lipinski definition) is 0. The minimum atomic E-state index is 0.406. The number of benzene rings is 1. The molecule has 4 heteroatoms. The van der Waals surface area contributed by atoms with Crippen molar-refractivity contribution < 1.29 is 0 Å². The van der Waals surface area contributed by atoms with Crippen molar-refractivity contribution in [3.63, 3.8) is 0 Å². The summed E-state index contributed by atoms with van der Waals surface area (Å²) in [4.78, 5) is 8.67. The maximum atomic E-state index is 6.03. The van der Waals surface area contributed by atoms with Crippen molar-refractivity contribution in [2.24, 2.45) is 0 Å². The quantitative estimate of drug-likeness (QED) is 0.679. The first kappa shape index (κ1) is 13.1. The van der Waals surface area contributed by atoms with Gasteiger partial charge in [-0.15, -0.1) is 11.6 Å². The molecule has 0 saturated carbocycles. The predicted octanol–water partition coefficient (Wildman–Crippen LogP) is 3.97. The molecular formula is C16H16ClN3. The molecule has 0 bridgehead atoms. The first-order valence-electron chi connectivity index (χ1n) is 6.69. The van der Waals surface area contributed by atoms with E-state index in [1.165, 1.54) is 5.56 Å². The van der Waals surface area contributed by atoms with Gasteiger partial charge in [-0.3, -0.25) is 4.98 Å². The average Bonchev–Trinajstić information content (AvgIpc) is 2.86. The SMILES string of the molecule is CC(Cn1c(CCl)nc2cnccc21)c1ccccc1. The van der Waals surface area contributed by atoms with E-state index in [1.807, 2.05) is 12.1 Å². The van der Waals surface area contributed by atoms with Gasteiger partial charge in [0.2, 0.25) is 0 Å². The zero-order valence-corrected chi connectivity index (χ0v) is 12.1. The smallest absolute Gasteiger partial charge is 0.124 e. The number of halogens is 1. The number of pyridine rings is 1. The van der Waals surface area contributed by atoms with Crippen LogP contribution in [0.5, 0.6) is 0 Å². The number of fused-ring (bicyclic) bond motifs is 1. The molecule has 102 valence electrons. The number of rotatable bonds is 4. The largest absolute Gasteiger partial charge is 0.326 e. The van der Waals surface area contributed by atoms with Crippen LogP contribution in [0.1, 0.15) is 24.2 Å². The van der Waals surface area contributed by atoms with Crippen molar-refractivity contribution in [3.8, 4) is 0 Å². The summed E-state index contributed by atoms with van der Waals surface area (Å²) in [6.07, 6.45) is 3.58. The van der Waals surface area contributed by atoms with Crippen LogP contribution in [-0.4, -0.2) is 14.5 Å². The van der Waals surface area contributed by atoms with Gasteiger partial charge < -0.3 is 4.57 Å². The van der Waals surface area contributed by atoms with Crippen LogP contribution in [0.3, 0.4) is 0 Å². The van der Waals surface area contributed by atoms with Gasteiger partial charge in [-0.2, -0.15) is 0 Å². The van der Waals surface area contributed by atoms with Crippen LogP contribution in [0.4, 0.5) is 0 Å². The van der Waals surface area contributed by atoms with Crippen LogP contribution in [0.15, 0.2) is 48.8 Å². The van der Waals surface area contributed by atoms with Crippen molar-refractivity contribution in [3.05, 3.63) is 60.2 Å². The molecular weight excluding hydrogens is 270 g/mol. The fraction of sp³-hybridized carbons (Fsp3) is 0.250. The lowest BCUT2D eigenvalue weighted by atomic mass is 10.0. The second kappa shape index (κ2) is 5.63. The van der Waals surface area contributed by atoms with Gasteiger partial charge in [-0.25, -0.2) is 4.98 Å². The fourth-order valence-corrected chi connectivity index (χ4v) is 2.70. The molecule has 0 N–H and O–H groups in total. The molecule has 20 heavy (non-hydrogen) atoms. The summed E-state index contributed by atoms with van der Waals surface area (Å²) in [7, 11) is 0. The predicted molar refractivity (Wildman–Crippen MR) is 81.9 cm³/mol. The normalized spacial score (nSPS) is 12.7. The van der Waals surface area contributed by atoms with E-state index in [0.717, 1.165) is 23.4 Å². The lowest BCUT2D eigenvalue weighted by molar-refractivity contribution is 0.595. The van der Waals surface area contributed by atoms with Gasteiger partial charge in [0.1, 0.15) is 11.3 Å². The van der Waals surface area contributed by atoms with E-state index in [9.17, 15) is 0 Å². The average molecular weight is 286 g/mol. The monoisotopic (exact) mass is 285 g/mol. The Kier molecular flexibility index (Phi) is 3.70. The van der Waals surface area contributed by atoms with Gasteiger partial charge in [-0.05, 0) is 17.5 Å². The molecule has 2 heterocycles. The Morgan fingerprint density at radius 1 is 1.20 bits per heavy atom. The zero-order chi connectivity index (χ0) is 13.9. The molecule has 3 rings (SSSR count). The Bertz CT molecular complexity index is 706. The van der Waals surface area contributed by atoms with E-state index in [4.69, 9.17) is 11.6 Å². The molecule has 1 unspecified atom stereocenters. The van der Waals surface area contributed by atoms with E-state index in [-0.39, 0.29) is 0 Å². The molecule has 0 amide bonds. The third kappa shape index (κ3) is 2.41. The van der Waals surface area contributed by atoms with Gasteiger partial charge in [-0.1, -0.05) is 37.3 Å². The molecule has 0 aliphatic carbocycles. The second-order valence-electron chi connectivity index (χ2n) is 4.95. The fourth-order valence-electron chi connectivity index (χ4n) is 2.50. The van der Waals surface area contributed by atoms with E-state index < -0.39 is 0 Å². The summed E-state index contributed by atoms with van der Waals surface area (Å²) in [6, 6.07) is 12.5. The van der Waals surface area contributed by atoms with Gasteiger partial charge in [0.15, 0.2) is 0 Å². The lowest BCUT2D eigenvalue weighted by Gasteiger charge is -2.15. The molecule has 3 nitrogen and oxygen atoms in total. The Morgan fingerprint density at radius 3 is 2.75 bits per heavy atom. The van der Waals surface area contributed by atoms with E-state index in [0.29, 0.717) is 11.8 Å². The van der Waals surface area contributed by atoms with Gasteiger partial charge in [0, 0.05) is 12.7 Å². The highest BCUT2D eigenvalue weighted by Gasteiger charge is 2.13. The minimum Gasteiger partial charge on any atom is -0.326 e. The Morgan fingerprint density at radius 2 is 2.00 bits per heavy atom. The zero-order valence-electron chi connectivity index (χ0n) is 11.3. The summed E-state index contributed by atoms with van der Waals surface area (Å²) in [5.74, 6) is 1.72. The Balaban J connectivity index is 1.98. The highest BCUT2D eigenvalue weighted by molar-refractivity contribution is 6.16. The maximum absolute atomic E-state index is 6.03. The van der Waals surface area contributed by atoms with Crippen LogP contribution in [0.2, 0.25) is 0 Å². The van der Waals surface area contributed by atoms with Crippen LogP contribution in [0, 0.1) is 0 Å². The third-order valence-electron chi connectivity index (χ3n) is 3.57.